The summed E-state index contributed by atoms with van der Waals surface area (Å²) in [4.78, 5) is 49.5. The summed E-state index contributed by atoms with van der Waals surface area (Å²) in [6.07, 6.45) is 6.18. The van der Waals surface area contributed by atoms with Crippen molar-refractivity contribution in [2.24, 2.45) is 28.6 Å². The number of fused-ring (bicyclic) bond motifs is 5. The zero-order valence-electron chi connectivity index (χ0n) is 21.8. The molecular formula is C28H37ClO7. The van der Waals surface area contributed by atoms with Crippen LogP contribution < -0.4 is 0 Å². The van der Waals surface area contributed by atoms with Crippen molar-refractivity contribution >= 4 is 35.1 Å². The van der Waals surface area contributed by atoms with Crippen LogP contribution in [0.4, 0.5) is 0 Å². The lowest BCUT2D eigenvalue weighted by Gasteiger charge is -2.64. The monoisotopic (exact) mass is 520 g/mol. The number of halogens is 1. The van der Waals surface area contributed by atoms with E-state index in [4.69, 9.17) is 21.1 Å². The van der Waals surface area contributed by atoms with Crippen LogP contribution in [0.2, 0.25) is 0 Å². The molecule has 0 aromatic heterocycles. The van der Waals surface area contributed by atoms with E-state index >= 15 is 0 Å². The van der Waals surface area contributed by atoms with Gasteiger partial charge in [-0.3, -0.25) is 19.2 Å². The topological polar surface area (TPSA) is 107 Å². The standard InChI is InChI=1S/C28H37ClO7/c1-6-23(33)35-15-22(32)28(36-24(34)7-2)16(3)12-20-19-9-8-17-13-18(30)10-11-25(17,4)27(19,29)21(31)14-26(20,28)5/h10-11,13,16,19-21,31H,6-9,12,14-15H2,1-5H3/t16-,19+,20+,21?,25+,26+,27+,28+/m1/s1. The van der Waals surface area contributed by atoms with Gasteiger partial charge in [-0.1, -0.05) is 46.3 Å². The Balaban J connectivity index is 1.80. The number of hydrogen-bond donors (Lipinski definition) is 1. The Kier molecular flexibility index (Phi) is 6.83. The van der Waals surface area contributed by atoms with Crippen molar-refractivity contribution in [2.45, 2.75) is 89.7 Å². The van der Waals surface area contributed by atoms with Gasteiger partial charge in [0.1, 0.15) is 0 Å². The van der Waals surface area contributed by atoms with Crippen molar-refractivity contribution in [3.63, 3.8) is 0 Å². The highest BCUT2D eigenvalue weighted by Crippen LogP contribution is 2.72. The summed E-state index contributed by atoms with van der Waals surface area (Å²) in [5.41, 5.74) is -2.27. The van der Waals surface area contributed by atoms with Crippen LogP contribution in [0.3, 0.4) is 0 Å². The Bertz CT molecular complexity index is 1050. The Morgan fingerprint density at radius 3 is 2.44 bits per heavy atom. The van der Waals surface area contributed by atoms with E-state index in [1.54, 1.807) is 19.9 Å². The molecule has 8 heteroatoms. The van der Waals surface area contributed by atoms with Gasteiger partial charge in [0, 0.05) is 29.6 Å². The smallest absolute Gasteiger partial charge is 0.306 e. The number of ketones is 2. The summed E-state index contributed by atoms with van der Waals surface area (Å²) in [6.45, 7) is 8.61. The zero-order chi connectivity index (χ0) is 26.7. The molecular weight excluding hydrogens is 484 g/mol. The van der Waals surface area contributed by atoms with Crippen LogP contribution in [-0.4, -0.2) is 51.8 Å². The van der Waals surface area contributed by atoms with E-state index in [0.29, 0.717) is 19.3 Å². The molecule has 36 heavy (non-hydrogen) atoms. The number of rotatable bonds is 6. The molecule has 7 nitrogen and oxygen atoms in total. The zero-order valence-corrected chi connectivity index (χ0v) is 22.5. The number of aliphatic hydroxyl groups is 1. The van der Waals surface area contributed by atoms with Crippen LogP contribution >= 0.6 is 11.6 Å². The SMILES string of the molecule is CCC(=O)OCC(=O)[C@@]1(OC(=O)CC)[C@H](C)C[C@H]2[C@@H]3CCC4=CC(=O)C=C[C@]4(C)[C@@]3(Cl)C(O)C[C@@]21C. The predicted molar refractivity (Wildman–Crippen MR) is 133 cm³/mol. The molecule has 0 aliphatic heterocycles. The number of alkyl halides is 1. The molecule has 0 radical (unpaired) electrons. The van der Waals surface area contributed by atoms with Crippen LogP contribution in [0.25, 0.3) is 0 Å². The summed E-state index contributed by atoms with van der Waals surface area (Å²) < 4.78 is 11.3. The molecule has 3 saturated carbocycles. The van der Waals surface area contributed by atoms with E-state index in [1.165, 1.54) is 6.08 Å². The molecule has 3 fully saturated rings. The van der Waals surface area contributed by atoms with Gasteiger partial charge in [-0.2, -0.15) is 0 Å². The van der Waals surface area contributed by atoms with Crippen LogP contribution in [0.15, 0.2) is 23.8 Å². The predicted octanol–water partition coefficient (Wildman–Crippen LogP) is 4.09. The number of ether oxygens (including phenoxy) is 2. The maximum atomic E-state index is 13.9. The van der Waals surface area contributed by atoms with Crippen LogP contribution in [0.1, 0.15) is 73.1 Å². The third-order valence-corrected chi connectivity index (χ3v) is 10.7. The maximum absolute atomic E-state index is 13.9. The number of carbonyl (C=O) groups is 4. The van der Waals surface area contributed by atoms with Crippen molar-refractivity contribution in [1.29, 1.82) is 0 Å². The second-order valence-electron chi connectivity index (χ2n) is 11.4. The van der Waals surface area contributed by atoms with Gasteiger partial charge in [0.05, 0.1) is 11.0 Å². The van der Waals surface area contributed by atoms with E-state index in [9.17, 15) is 24.3 Å². The lowest BCUT2D eigenvalue weighted by molar-refractivity contribution is -0.203. The van der Waals surface area contributed by atoms with Gasteiger partial charge >= 0.3 is 11.9 Å². The number of carbonyl (C=O) groups excluding carboxylic acids is 4. The average molecular weight is 521 g/mol. The van der Waals surface area contributed by atoms with Gasteiger partial charge in [-0.15, -0.1) is 11.6 Å². The number of hydrogen-bond acceptors (Lipinski definition) is 7. The fourth-order valence-electron chi connectivity index (χ4n) is 8.01. The molecule has 0 bridgehead atoms. The maximum Gasteiger partial charge on any atom is 0.306 e. The van der Waals surface area contributed by atoms with E-state index < -0.39 is 51.7 Å². The molecule has 198 valence electrons. The largest absolute Gasteiger partial charge is 0.457 e. The molecule has 0 spiro atoms. The normalized spacial score (nSPS) is 43.1. The van der Waals surface area contributed by atoms with Gasteiger partial charge in [-0.05, 0) is 49.7 Å². The fraction of sp³-hybridized carbons (Fsp3) is 0.714. The molecule has 8 atom stereocenters. The lowest BCUT2D eigenvalue weighted by atomic mass is 9.45. The first-order valence-electron chi connectivity index (χ1n) is 13.0. The molecule has 4 aliphatic rings. The molecule has 0 heterocycles. The number of esters is 2. The lowest BCUT2D eigenvalue weighted by Crippen LogP contribution is -2.69. The first kappa shape index (κ1) is 27.1. The molecule has 1 N–H and O–H groups in total. The Morgan fingerprint density at radius 1 is 1.14 bits per heavy atom. The van der Waals surface area contributed by atoms with Crippen LogP contribution in [-0.2, 0) is 28.7 Å². The minimum atomic E-state index is -1.55. The van der Waals surface area contributed by atoms with Gasteiger partial charge in [0.25, 0.3) is 0 Å². The summed E-state index contributed by atoms with van der Waals surface area (Å²) in [7, 11) is 0. The first-order chi connectivity index (χ1) is 16.8. The van der Waals surface area contributed by atoms with E-state index in [0.717, 1.165) is 5.57 Å². The van der Waals surface area contributed by atoms with Crippen molar-refractivity contribution < 1.29 is 33.8 Å². The highest BCUT2D eigenvalue weighted by atomic mass is 35.5. The quantitative estimate of drug-likeness (QED) is 0.415. The number of Topliss-reactive ketones (excluding diaryl/α,β-unsaturated/α-hetero) is 1. The van der Waals surface area contributed by atoms with E-state index in [-0.39, 0.29) is 42.8 Å². The second-order valence-corrected chi connectivity index (χ2v) is 12.0. The molecule has 0 aromatic rings. The summed E-state index contributed by atoms with van der Waals surface area (Å²) in [5.74, 6) is -2.24. The Labute approximate surface area is 217 Å². The molecule has 0 aromatic carbocycles. The van der Waals surface area contributed by atoms with Crippen LogP contribution in [0, 0.1) is 28.6 Å². The number of allylic oxidation sites excluding steroid dienone is 4. The summed E-state index contributed by atoms with van der Waals surface area (Å²) in [6, 6.07) is 0. The van der Waals surface area contributed by atoms with E-state index in [1.807, 2.05) is 26.8 Å². The van der Waals surface area contributed by atoms with Gasteiger partial charge in [-0.25, -0.2) is 0 Å². The second kappa shape index (κ2) is 9.09. The minimum Gasteiger partial charge on any atom is -0.457 e. The average Bonchev–Trinajstić information content (AvgIpc) is 3.05. The fourth-order valence-corrected chi connectivity index (χ4v) is 8.53. The van der Waals surface area contributed by atoms with Crippen molar-refractivity contribution in [2.75, 3.05) is 6.61 Å². The highest BCUT2D eigenvalue weighted by Gasteiger charge is 2.76. The van der Waals surface area contributed by atoms with Gasteiger partial charge in [0.15, 0.2) is 18.0 Å². The number of aliphatic hydroxyl groups excluding tert-OH is 1. The molecule has 1 unspecified atom stereocenters. The summed E-state index contributed by atoms with van der Waals surface area (Å²) >= 11 is 7.48. The van der Waals surface area contributed by atoms with E-state index in [2.05, 4.69) is 0 Å². The van der Waals surface area contributed by atoms with Crippen LogP contribution in [0.5, 0.6) is 0 Å². The molecule has 4 rings (SSSR count). The third kappa shape index (κ3) is 3.48. The Morgan fingerprint density at radius 2 is 1.81 bits per heavy atom. The van der Waals surface area contributed by atoms with Crippen molar-refractivity contribution in [3.05, 3.63) is 23.8 Å². The minimum absolute atomic E-state index is 0.0801. The molecule has 0 saturated heterocycles. The van der Waals surface area contributed by atoms with Crippen molar-refractivity contribution in [1.82, 2.24) is 0 Å². The van der Waals surface area contributed by atoms with Crippen molar-refractivity contribution in [3.8, 4) is 0 Å². The third-order valence-electron chi connectivity index (χ3n) is 9.81. The first-order valence-corrected chi connectivity index (χ1v) is 13.4. The molecule has 4 aliphatic carbocycles. The van der Waals surface area contributed by atoms with Gasteiger partial charge in [0.2, 0.25) is 5.78 Å². The molecule has 0 amide bonds. The Hall–Kier alpha value is -1.99. The van der Waals surface area contributed by atoms with Gasteiger partial charge < -0.3 is 14.6 Å². The summed E-state index contributed by atoms with van der Waals surface area (Å²) in [5, 5.41) is 11.8. The highest BCUT2D eigenvalue weighted by molar-refractivity contribution is 6.26.